The summed E-state index contributed by atoms with van der Waals surface area (Å²) in [6.45, 7) is 0. The first-order valence-corrected chi connectivity index (χ1v) is 5.53. The minimum atomic E-state index is -2.05. The zero-order valence-corrected chi connectivity index (χ0v) is 6.93. The van der Waals surface area contributed by atoms with Crippen LogP contribution in [-0.4, -0.2) is 38.3 Å². The van der Waals surface area contributed by atoms with E-state index in [9.17, 15) is 4.21 Å². The zero-order valence-electron chi connectivity index (χ0n) is 5.14. The normalized spacial score (nSPS) is 12.8. The van der Waals surface area contributed by atoms with Crippen LogP contribution < -0.4 is 0 Å². The molecule has 1 aromatic carbocycles. The molecule has 1 aromatic rings. The second-order valence-electron chi connectivity index (χ2n) is 1.69. The van der Waals surface area contributed by atoms with Crippen molar-refractivity contribution in [1.82, 2.24) is 0 Å². The van der Waals surface area contributed by atoms with E-state index >= 15 is 0 Å². The Morgan fingerprint density at radius 3 is 2.27 bits per heavy atom. The van der Waals surface area contributed by atoms with Gasteiger partial charge < -0.3 is 4.55 Å². The van der Waals surface area contributed by atoms with Gasteiger partial charge in [0.1, 0.15) is 0 Å². The predicted octanol–water partition coefficient (Wildman–Crippen LogP) is 0.0809. The van der Waals surface area contributed by atoms with Crippen molar-refractivity contribution in [3.8, 4) is 0 Å². The van der Waals surface area contributed by atoms with Crippen LogP contribution in [-0.2, 0) is 20.0 Å². The third-order valence-corrected chi connectivity index (χ3v) is 2.86. The van der Waals surface area contributed by atoms with E-state index in [1.165, 1.54) is 0 Å². The van der Waals surface area contributed by atoms with E-state index in [0.29, 0.717) is 10.3 Å². The van der Waals surface area contributed by atoms with Crippen molar-refractivity contribution in [2.75, 3.05) is 0 Å². The van der Waals surface area contributed by atoms with Crippen LogP contribution in [0.5, 0.6) is 0 Å². The summed E-state index contributed by atoms with van der Waals surface area (Å²) in [6, 6.07) is 9.22. The molecule has 1 N–H and O–H groups in total. The molecule has 0 saturated heterocycles. The summed E-state index contributed by atoms with van der Waals surface area (Å²) in [5.74, 6) is 0. The first kappa shape index (κ1) is 11.7. The molecule has 11 heavy (non-hydrogen) atoms. The van der Waals surface area contributed by atoms with Gasteiger partial charge in [0, 0.05) is 4.90 Å². The van der Waals surface area contributed by atoms with Crippen LogP contribution in [0.2, 0.25) is 0 Å². The molecule has 0 fully saturated rings. The van der Waals surface area contributed by atoms with Gasteiger partial charge in [-0.1, -0.05) is 28.5 Å². The maximum absolute atomic E-state index is 10.3. The third kappa shape index (κ3) is 5.00. The molecule has 0 aliphatic carbocycles. The third-order valence-electron chi connectivity index (χ3n) is 0.957. The zero-order chi connectivity index (χ0) is 7.40. The maximum atomic E-state index is 10.3. The van der Waals surface area contributed by atoms with E-state index in [1.807, 2.05) is 30.3 Å². The number of hydrogen-bond donors (Lipinski definition) is 3. The average molecular weight is 200 g/mol. The van der Waals surface area contributed by atoms with Gasteiger partial charge in [0.15, 0.2) is 0 Å². The summed E-state index contributed by atoms with van der Waals surface area (Å²) in [7, 11) is -1.56. The summed E-state index contributed by atoms with van der Waals surface area (Å²) in [4.78, 5) is 0.881. The van der Waals surface area contributed by atoms with Crippen LogP contribution in [0.1, 0.15) is 0 Å². The molecule has 0 saturated carbocycles. The van der Waals surface area contributed by atoms with E-state index in [1.54, 1.807) is 0 Å². The summed E-state index contributed by atoms with van der Waals surface area (Å²) >= 11 is 0. The van der Waals surface area contributed by atoms with Crippen molar-refractivity contribution >= 4 is 49.5 Å². The molecule has 5 heteroatoms. The van der Waals surface area contributed by atoms with Gasteiger partial charge in [-0.05, 0) is 12.1 Å². The fourth-order valence-corrected chi connectivity index (χ4v) is 2.09. The quantitative estimate of drug-likeness (QED) is 0.443. The molecule has 1 atom stereocenters. The van der Waals surface area contributed by atoms with Gasteiger partial charge in [0.05, 0.1) is 9.64 Å². The standard InChI is InChI=1S/C6H8O2S2.Na.H/c7-10(8)9-6-4-2-1-3-5-6;;/h1-5,9-10H,(H,7,8);;. The second kappa shape index (κ2) is 6.22. The molecule has 58 valence electrons. The topological polar surface area (TPSA) is 37.3 Å². The molecule has 0 heterocycles. The first-order chi connectivity index (χ1) is 4.79. The molecular weight excluding hydrogens is 191 g/mol. The van der Waals surface area contributed by atoms with Gasteiger partial charge >= 0.3 is 29.6 Å². The number of rotatable bonds is 1. The Kier molecular flexibility index (Phi) is 6.61. The first-order valence-electron chi connectivity index (χ1n) is 2.72. The SMILES string of the molecule is O=[SH](O)=[SH]c1ccccc1.[NaH]. The second-order valence-corrected chi connectivity index (χ2v) is 4.54. The molecule has 1 unspecified atom stereocenters. The van der Waals surface area contributed by atoms with E-state index in [4.69, 9.17) is 4.55 Å². The molecule has 0 spiro atoms. The Morgan fingerprint density at radius 1 is 1.27 bits per heavy atom. The Balaban J connectivity index is 0.000001000. The van der Waals surface area contributed by atoms with Gasteiger partial charge in [-0.25, -0.2) is 4.21 Å². The Morgan fingerprint density at radius 2 is 1.82 bits per heavy atom. The Bertz CT molecular complexity index is 280. The van der Waals surface area contributed by atoms with Crippen LogP contribution in [0.15, 0.2) is 35.2 Å². The van der Waals surface area contributed by atoms with Crippen molar-refractivity contribution in [3.63, 3.8) is 0 Å². The van der Waals surface area contributed by atoms with E-state index in [0.717, 1.165) is 4.90 Å². The minimum absolute atomic E-state index is 0. The van der Waals surface area contributed by atoms with Crippen molar-refractivity contribution in [2.45, 2.75) is 4.90 Å². The van der Waals surface area contributed by atoms with Gasteiger partial charge in [0.25, 0.3) is 0 Å². The van der Waals surface area contributed by atoms with Crippen LogP contribution in [0.4, 0.5) is 0 Å². The number of benzene rings is 1. The fraction of sp³-hybridized carbons (Fsp3) is 0. The Labute approximate surface area is 92.8 Å². The molecule has 0 amide bonds. The Hall–Kier alpha value is 0.680. The summed E-state index contributed by atoms with van der Waals surface area (Å²) in [5, 5.41) is 0. The monoisotopic (exact) mass is 200 g/mol. The molecule has 2 nitrogen and oxygen atoms in total. The number of thiol groups is 2. The summed E-state index contributed by atoms with van der Waals surface area (Å²) < 4.78 is 18.8. The molecule has 0 bridgehead atoms. The van der Waals surface area contributed by atoms with Crippen LogP contribution in [0, 0.1) is 0 Å². The predicted molar refractivity (Wildman–Crippen MR) is 52.8 cm³/mol. The van der Waals surface area contributed by atoms with E-state index < -0.39 is 9.64 Å². The summed E-state index contributed by atoms with van der Waals surface area (Å²) in [5.41, 5.74) is 0. The van der Waals surface area contributed by atoms with Crippen LogP contribution in [0.25, 0.3) is 0 Å². The van der Waals surface area contributed by atoms with Gasteiger partial charge in [-0.3, -0.25) is 0 Å². The molecular formula is C6H9NaO2S2. The number of hydrogen-bond acceptors (Lipinski definition) is 1. The van der Waals surface area contributed by atoms with Gasteiger partial charge in [0.2, 0.25) is 0 Å². The van der Waals surface area contributed by atoms with Crippen LogP contribution >= 0.6 is 0 Å². The van der Waals surface area contributed by atoms with Crippen LogP contribution in [0.3, 0.4) is 0 Å². The van der Waals surface area contributed by atoms with Crippen molar-refractivity contribution in [1.29, 1.82) is 0 Å². The van der Waals surface area contributed by atoms with E-state index in [-0.39, 0.29) is 29.6 Å². The van der Waals surface area contributed by atoms with Crippen molar-refractivity contribution in [3.05, 3.63) is 30.3 Å². The van der Waals surface area contributed by atoms with Crippen molar-refractivity contribution in [2.24, 2.45) is 0 Å². The van der Waals surface area contributed by atoms with E-state index in [2.05, 4.69) is 0 Å². The molecule has 1 rings (SSSR count). The molecule has 0 aromatic heterocycles. The fourth-order valence-electron chi connectivity index (χ4n) is 0.593. The average Bonchev–Trinajstić information content (AvgIpc) is 1.88. The summed E-state index contributed by atoms with van der Waals surface area (Å²) in [6.07, 6.45) is 0. The van der Waals surface area contributed by atoms with Gasteiger partial charge in [-0.15, -0.1) is 0 Å². The molecule has 0 radical (unpaired) electrons. The van der Waals surface area contributed by atoms with Crippen molar-refractivity contribution < 1.29 is 8.76 Å². The molecule has 0 aliphatic heterocycles. The van der Waals surface area contributed by atoms with Gasteiger partial charge in [-0.2, -0.15) is 0 Å². The molecule has 0 aliphatic rings.